The highest BCUT2D eigenvalue weighted by Gasteiger charge is 2.47. The van der Waals surface area contributed by atoms with Crippen molar-refractivity contribution >= 4 is 17.0 Å². The van der Waals surface area contributed by atoms with Gasteiger partial charge in [-0.15, -0.1) is 0 Å². The van der Waals surface area contributed by atoms with Crippen molar-refractivity contribution in [2.24, 2.45) is 11.8 Å². The predicted molar refractivity (Wildman–Crippen MR) is 149 cm³/mol. The van der Waals surface area contributed by atoms with Crippen LogP contribution in [0.4, 0.5) is 0 Å². The van der Waals surface area contributed by atoms with E-state index in [0.717, 1.165) is 34.8 Å². The van der Waals surface area contributed by atoms with E-state index in [1.807, 2.05) is 28.8 Å². The molecule has 4 bridgehead atoms. The number of aliphatic carboxylic acids is 1. The van der Waals surface area contributed by atoms with Crippen molar-refractivity contribution < 1.29 is 9.90 Å². The highest BCUT2D eigenvalue weighted by atomic mass is 16.4. The lowest BCUT2D eigenvalue weighted by atomic mass is 9.69. The van der Waals surface area contributed by atoms with E-state index in [1.165, 1.54) is 57.6 Å². The van der Waals surface area contributed by atoms with Crippen LogP contribution in [0.15, 0.2) is 52.2 Å². The molecule has 7 rings (SSSR count). The Labute approximate surface area is 227 Å². The molecule has 3 aromatic rings. The molecular formula is C31H36N4O4. The number of fused-ring (bicyclic) bond motifs is 5. The summed E-state index contributed by atoms with van der Waals surface area (Å²) in [6.07, 6.45) is 14.0. The summed E-state index contributed by atoms with van der Waals surface area (Å²) < 4.78 is 3.03. The van der Waals surface area contributed by atoms with Gasteiger partial charge in [-0.25, -0.2) is 4.98 Å². The van der Waals surface area contributed by atoms with Gasteiger partial charge in [0.2, 0.25) is 0 Å². The molecule has 4 fully saturated rings. The van der Waals surface area contributed by atoms with Gasteiger partial charge in [0.25, 0.3) is 11.1 Å². The van der Waals surface area contributed by atoms with Crippen molar-refractivity contribution in [1.82, 2.24) is 19.0 Å². The van der Waals surface area contributed by atoms with Gasteiger partial charge in [0.15, 0.2) is 0 Å². The van der Waals surface area contributed by atoms with Crippen LogP contribution >= 0.6 is 0 Å². The molecule has 39 heavy (non-hydrogen) atoms. The van der Waals surface area contributed by atoms with Crippen LogP contribution in [0.5, 0.6) is 0 Å². The molecule has 2 aromatic heterocycles. The van der Waals surface area contributed by atoms with Crippen LogP contribution in [0.3, 0.4) is 0 Å². The molecule has 2 aliphatic carbocycles. The van der Waals surface area contributed by atoms with Crippen LogP contribution in [0.2, 0.25) is 0 Å². The summed E-state index contributed by atoms with van der Waals surface area (Å²) in [7, 11) is 0. The van der Waals surface area contributed by atoms with Crippen molar-refractivity contribution in [3.8, 4) is 11.3 Å². The molecule has 6 atom stereocenters. The number of rotatable bonds is 5. The minimum atomic E-state index is -1.11. The topological polar surface area (TPSA) is 97.4 Å². The SMILES string of the molecule is O=C(O)Cn1cccc(-c2nc3ccccc3n([C@H]3C[C@H]4CC[C@@H](C3)N4[C@H]3C[C@@H]4CCC[C@@H](C4)C3)c2=O)c1=O. The largest absolute Gasteiger partial charge is 0.480 e. The van der Waals surface area contributed by atoms with E-state index in [9.17, 15) is 19.5 Å². The summed E-state index contributed by atoms with van der Waals surface area (Å²) >= 11 is 0. The molecule has 4 heterocycles. The number of hydrogen-bond acceptors (Lipinski definition) is 5. The summed E-state index contributed by atoms with van der Waals surface area (Å²) in [6, 6.07) is 12.6. The highest BCUT2D eigenvalue weighted by Crippen LogP contribution is 2.48. The number of benzene rings is 1. The molecule has 0 radical (unpaired) electrons. The van der Waals surface area contributed by atoms with Gasteiger partial charge in [-0.3, -0.25) is 19.3 Å². The first-order chi connectivity index (χ1) is 19.0. The molecule has 2 aliphatic heterocycles. The lowest BCUT2D eigenvalue weighted by molar-refractivity contribution is -0.137. The summed E-state index contributed by atoms with van der Waals surface area (Å²) in [5.74, 6) is 0.678. The Morgan fingerprint density at radius 3 is 2.26 bits per heavy atom. The van der Waals surface area contributed by atoms with Crippen molar-refractivity contribution in [2.45, 2.75) is 94.9 Å². The average molecular weight is 529 g/mol. The Balaban J connectivity index is 1.26. The fourth-order valence-corrected chi connectivity index (χ4v) is 8.61. The zero-order valence-corrected chi connectivity index (χ0v) is 22.2. The van der Waals surface area contributed by atoms with E-state index in [4.69, 9.17) is 0 Å². The molecular weight excluding hydrogens is 492 g/mol. The highest BCUT2D eigenvalue weighted by molar-refractivity contribution is 5.78. The van der Waals surface area contributed by atoms with Gasteiger partial charge in [-0.05, 0) is 81.0 Å². The average Bonchev–Trinajstić information content (AvgIpc) is 3.18. The van der Waals surface area contributed by atoms with Crippen molar-refractivity contribution in [3.05, 3.63) is 63.3 Å². The molecule has 8 heteroatoms. The first-order valence-corrected chi connectivity index (χ1v) is 14.7. The van der Waals surface area contributed by atoms with Crippen LogP contribution in [-0.4, -0.2) is 48.2 Å². The summed E-state index contributed by atoms with van der Waals surface area (Å²) in [5.41, 5.74) is 0.965. The first kappa shape index (κ1) is 24.8. The molecule has 8 nitrogen and oxygen atoms in total. The van der Waals surface area contributed by atoms with Gasteiger partial charge >= 0.3 is 5.97 Å². The normalized spacial score (nSPS) is 30.5. The Morgan fingerprint density at radius 2 is 1.54 bits per heavy atom. The third-order valence-corrected chi connectivity index (χ3v) is 10.0. The molecule has 204 valence electrons. The predicted octanol–water partition coefficient (Wildman–Crippen LogP) is 4.45. The van der Waals surface area contributed by atoms with E-state index in [2.05, 4.69) is 9.88 Å². The molecule has 1 N–H and O–H groups in total. The number of carbonyl (C=O) groups is 1. The fourth-order valence-electron chi connectivity index (χ4n) is 8.61. The minimum absolute atomic E-state index is 0.0472. The maximum atomic E-state index is 14.1. The van der Waals surface area contributed by atoms with Crippen LogP contribution in [-0.2, 0) is 11.3 Å². The summed E-state index contributed by atoms with van der Waals surface area (Å²) in [4.78, 5) is 46.1. The second-order valence-electron chi connectivity index (χ2n) is 12.4. The van der Waals surface area contributed by atoms with E-state index in [0.29, 0.717) is 23.6 Å². The minimum Gasteiger partial charge on any atom is -0.480 e. The second-order valence-corrected chi connectivity index (χ2v) is 12.4. The maximum absolute atomic E-state index is 14.1. The Hall–Kier alpha value is -3.26. The molecule has 4 aliphatic rings. The van der Waals surface area contributed by atoms with Gasteiger partial charge in [0, 0.05) is 30.4 Å². The van der Waals surface area contributed by atoms with Gasteiger partial charge in [-0.2, -0.15) is 0 Å². The Bertz CT molecular complexity index is 1520. The third-order valence-electron chi connectivity index (χ3n) is 10.0. The molecule has 0 amide bonds. The molecule has 2 saturated heterocycles. The number of carboxylic acid groups (broad SMARTS) is 1. The van der Waals surface area contributed by atoms with Crippen molar-refractivity contribution in [1.29, 1.82) is 0 Å². The standard InChI is InChI=1S/C31H36N4O4/c36-28(37)18-33-12-4-7-25(30(33)38)29-31(39)35(27-9-2-1-8-26(27)32-29)24-16-21-10-11-22(17-24)34(21)23-14-19-5-3-6-20(13-19)15-23/h1-2,4,7-9,12,19-24H,3,5-6,10-11,13-18H2,(H,36,37)/t19-,20+,21-,22+,23+,24+. The van der Waals surface area contributed by atoms with Crippen molar-refractivity contribution in [2.75, 3.05) is 0 Å². The quantitative estimate of drug-likeness (QED) is 0.526. The number of carboxylic acids is 1. The van der Waals surface area contributed by atoms with Gasteiger partial charge in [0.05, 0.1) is 16.6 Å². The van der Waals surface area contributed by atoms with Gasteiger partial charge in [-0.1, -0.05) is 31.4 Å². The molecule has 1 aromatic carbocycles. The molecule has 2 saturated carbocycles. The number of para-hydroxylation sites is 2. The van der Waals surface area contributed by atoms with Gasteiger partial charge < -0.3 is 14.2 Å². The van der Waals surface area contributed by atoms with E-state index < -0.39 is 18.1 Å². The summed E-state index contributed by atoms with van der Waals surface area (Å²) in [5, 5.41) is 9.24. The molecule has 0 spiro atoms. The number of pyridine rings is 1. The number of aromatic nitrogens is 3. The lowest BCUT2D eigenvalue weighted by Crippen LogP contribution is -2.52. The number of piperidine rings is 1. The van der Waals surface area contributed by atoms with Gasteiger partial charge in [0.1, 0.15) is 12.2 Å². The summed E-state index contributed by atoms with van der Waals surface area (Å²) in [6.45, 7) is -0.459. The van der Waals surface area contributed by atoms with Crippen molar-refractivity contribution in [3.63, 3.8) is 0 Å². The zero-order valence-electron chi connectivity index (χ0n) is 22.2. The van der Waals surface area contributed by atoms with Crippen LogP contribution < -0.4 is 11.1 Å². The number of nitrogens with zero attached hydrogens (tertiary/aromatic N) is 4. The Kier molecular flexibility index (Phi) is 6.18. The number of hydrogen-bond donors (Lipinski definition) is 1. The third kappa shape index (κ3) is 4.33. The Morgan fingerprint density at radius 1 is 0.821 bits per heavy atom. The zero-order chi connectivity index (χ0) is 26.7. The van der Waals surface area contributed by atoms with Crippen LogP contribution in [0.1, 0.15) is 70.3 Å². The van der Waals surface area contributed by atoms with E-state index >= 15 is 0 Å². The van der Waals surface area contributed by atoms with Crippen LogP contribution in [0.25, 0.3) is 22.3 Å². The second kappa shape index (κ2) is 9.73. The molecule has 0 unspecified atom stereocenters. The lowest BCUT2D eigenvalue weighted by Gasteiger charge is -2.49. The smallest absolute Gasteiger partial charge is 0.323 e. The monoisotopic (exact) mass is 528 g/mol. The first-order valence-electron chi connectivity index (χ1n) is 14.7. The van der Waals surface area contributed by atoms with E-state index in [1.54, 1.807) is 12.1 Å². The van der Waals surface area contributed by atoms with Crippen LogP contribution in [0, 0.1) is 11.8 Å². The fraction of sp³-hybridized carbons (Fsp3) is 0.548. The maximum Gasteiger partial charge on any atom is 0.323 e. The van der Waals surface area contributed by atoms with E-state index in [-0.39, 0.29) is 22.9 Å².